The van der Waals surface area contributed by atoms with Crippen molar-refractivity contribution in [1.29, 1.82) is 0 Å². The molecule has 3 rings (SSSR count). The number of carbonyl (C=O) groups excluding carboxylic acids is 1. The summed E-state index contributed by atoms with van der Waals surface area (Å²) in [6.45, 7) is 1.84. The minimum absolute atomic E-state index is 0.0273. The Balaban J connectivity index is 1.67. The van der Waals surface area contributed by atoms with E-state index in [0.717, 1.165) is 24.0 Å². The van der Waals surface area contributed by atoms with Crippen molar-refractivity contribution in [3.63, 3.8) is 0 Å². The Morgan fingerprint density at radius 1 is 1.30 bits per heavy atom. The van der Waals surface area contributed by atoms with E-state index < -0.39 is 0 Å². The fourth-order valence-corrected chi connectivity index (χ4v) is 3.79. The summed E-state index contributed by atoms with van der Waals surface area (Å²) < 4.78 is 0.796. The van der Waals surface area contributed by atoms with E-state index >= 15 is 0 Å². The lowest BCUT2D eigenvalue weighted by atomic mass is 9.88. The lowest BCUT2D eigenvalue weighted by Gasteiger charge is -2.27. The molecule has 1 aliphatic carbocycles. The van der Waals surface area contributed by atoms with Gasteiger partial charge in [-0.25, -0.2) is 0 Å². The zero-order valence-electron chi connectivity index (χ0n) is 13.1. The van der Waals surface area contributed by atoms with Gasteiger partial charge in [-0.2, -0.15) is 4.73 Å². The minimum Gasteiger partial charge on any atom is -0.618 e. The first kappa shape index (κ1) is 15.9. The Hall–Kier alpha value is -2.01. The van der Waals surface area contributed by atoms with Gasteiger partial charge >= 0.3 is 0 Å². The number of aryl methyl sites for hydroxylation is 1. The standard InChI is InChI=1S/C18H20N2O2S/c1-13(23-17-11-4-5-12-20(17)22)18(21)19-16-10-6-8-14-7-2-3-9-15(14)16/h2-5,7,9,11-13,16H,6,8,10H2,1H3,(H,19,21)/t13-,16-/m0/s1. The lowest BCUT2D eigenvalue weighted by molar-refractivity contribution is -0.645. The first-order valence-corrected chi connectivity index (χ1v) is 8.76. The molecule has 120 valence electrons. The van der Waals surface area contributed by atoms with E-state index in [-0.39, 0.29) is 17.2 Å². The monoisotopic (exact) mass is 328 g/mol. The average molecular weight is 328 g/mol. The molecule has 1 heterocycles. The highest BCUT2D eigenvalue weighted by Gasteiger charge is 2.25. The molecule has 0 saturated carbocycles. The van der Waals surface area contributed by atoms with Crippen LogP contribution in [0.3, 0.4) is 0 Å². The average Bonchev–Trinajstić information content (AvgIpc) is 2.57. The van der Waals surface area contributed by atoms with E-state index in [0.29, 0.717) is 5.03 Å². The van der Waals surface area contributed by atoms with Crippen LogP contribution in [0.1, 0.15) is 36.9 Å². The maximum absolute atomic E-state index is 12.5. The van der Waals surface area contributed by atoms with Gasteiger partial charge in [-0.3, -0.25) is 4.79 Å². The molecule has 0 radical (unpaired) electrons. The van der Waals surface area contributed by atoms with Crippen LogP contribution in [0.15, 0.2) is 53.7 Å². The summed E-state index contributed by atoms with van der Waals surface area (Å²) >= 11 is 1.29. The van der Waals surface area contributed by atoms with Crippen LogP contribution in [-0.2, 0) is 11.2 Å². The summed E-state index contributed by atoms with van der Waals surface area (Å²) in [7, 11) is 0. The second-order valence-electron chi connectivity index (χ2n) is 5.78. The van der Waals surface area contributed by atoms with Crippen molar-refractivity contribution < 1.29 is 9.52 Å². The Bertz CT molecular complexity index is 705. The van der Waals surface area contributed by atoms with Crippen LogP contribution in [0.2, 0.25) is 0 Å². The molecular weight excluding hydrogens is 308 g/mol. The molecular formula is C18H20N2O2S. The molecule has 0 fully saturated rings. The van der Waals surface area contributed by atoms with Gasteiger partial charge in [0.1, 0.15) is 0 Å². The van der Waals surface area contributed by atoms with Gasteiger partial charge < -0.3 is 10.5 Å². The van der Waals surface area contributed by atoms with Crippen LogP contribution in [0.4, 0.5) is 0 Å². The number of hydrogen-bond donors (Lipinski definition) is 1. The van der Waals surface area contributed by atoms with Crippen molar-refractivity contribution >= 4 is 17.7 Å². The third-order valence-corrected chi connectivity index (χ3v) is 5.27. The van der Waals surface area contributed by atoms with Gasteiger partial charge in [-0.1, -0.05) is 24.3 Å². The zero-order chi connectivity index (χ0) is 16.2. The normalized spacial score (nSPS) is 18.0. The summed E-state index contributed by atoms with van der Waals surface area (Å²) in [5.74, 6) is -0.0273. The van der Waals surface area contributed by atoms with Crippen LogP contribution in [-0.4, -0.2) is 11.2 Å². The molecule has 2 atom stereocenters. The van der Waals surface area contributed by atoms with Crippen LogP contribution in [0.25, 0.3) is 0 Å². The van der Waals surface area contributed by atoms with Gasteiger partial charge in [0.15, 0.2) is 6.20 Å². The number of thioether (sulfide) groups is 1. The fraction of sp³-hybridized carbons (Fsp3) is 0.333. The third kappa shape index (κ3) is 3.67. The van der Waals surface area contributed by atoms with Gasteiger partial charge in [-0.15, -0.1) is 0 Å². The first-order valence-electron chi connectivity index (χ1n) is 7.88. The number of benzene rings is 1. The molecule has 0 spiro atoms. The Morgan fingerprint density at radius 3 is 2.91 bits per heavy atom. The van der Waals surface area contributed by atoms with Crippen LogP contribution in [0, 0.1) is 5.21 Å². The number of rotatable bonds is 4. The van der Waals surface area contributed by atoms with E-state index in [1.165, 1.54) is 29.1 Å². The largest absolute Gasteiger partial charge is 0.618 e. The van der Waals surface area contributed by atoms with E-state index in [1.807, 2.05) is 19.1 Å². The molecule has 1 amide bonds. The molecule has 0 saturated heterocycles. The van der Waals surface area contributed by atoms with Gasteiger partial charge in [0.25, 0.3) is 5.03 Å². The van der Waals surface area contributed by atoms with Gasteiger partial charge in [0.2, 0.25) is 5.91 Å². The Morgan fingerprint density at radius 2 is 2.09 bits per heavy atom. The second-order valence-corrected chi connectivity index (χ2v) is 7.14. The number of nitrogens with zero attached hydrogens (tertiary/aromatic N) is 1. The lowest BCUT2D eigenvalue weighted by Crippen LogP contribution is -2.37. The van der Waals surface area contributed by atoms with E-state index in [4.69, 9.17) is 0 Å². The van der Waals surface area contributed by atoms with Gasteiger partial charge in [0, 0.05) is 12.1 Å². The zero-order valence-corrected chi connectivity index (χ0v) is 13.9. The molecule has 0 unspecified atom stereocenters. The highest BCUT2D eigenvalue weighted by molar-refractivity contribution is 8.00. The fourth-order valence-electron chi connectivity index (χ4n) is 2.93. The predicted octanol–water partition coefficient (Wildman–Crippen LogP) is 2.99. The molecule has 0 bridgehead atoms. The SMILES string of the molecule is C[C@H](Sc1cccc[n+]1[O-])C(=O)N[C@H]1CCCc2ccccc21. The summed E-state index contributed by atoms with van der Waals surface area (Å²) in [6.07, 6.45) is 4.58. The molecule has 23 heavy (non-hydrogen) atoms. The van der Waals surface area contributed by atoms with Crippen LogP contribution >= 0.6 is 11.8 Å². The number of pyridine rings is 1. The molecule has 4 nitrogen and oxygen atoms in total. The van der Waals surface area contributed by atoms with Crippen LogP contribution in [0.5, 0.6) is 0 Å². The Labute approximate surface area is 140 Å². The molecule has 5 heteroatoms. The predicted molar refractivity (Wildman–Crippen MR) is 91.0 cm³/mol. The van der Waals surface area contributed by atoms with Crippen molar-refractivity contribution in [3.05, 3.63) is 65.0 Å². The first-order chi connectivity index (χ1) is 11.1. The van der Waals surface area contributed by atoms with E-state index in [1.54, 1.807) is 18.2 Å². The number of nitrogens with one attached hydrogen (secondary N) is 1. The minimum atomic E-state index is -0.313. The smallest absolute Gasteiger partial charge is 0.252 e. The van der Waals surface area contributed by atoms with Crippen molar-refractivity contribution in [3.8, 4) is 0 Å². The van der Waals surface area contributed by atoms with E-state index in [9.17, 15) is 10.0 Å². The van der Waals surface area contributed by atoms with Crippen molar-refractivity contribution in [1.82, 2.24) is 5.32 Å². The number of hydrogen-bond acceptors (Lipinski definition) is 3. The van der Waals surface area contributed by atoms with Crippen molar-refractivity contribution in [2.75, 3.05) is 0 Å². The number of carbonyl (C=O) groups is 1. The number of fused-ring (bicyclic) bond motifs is 1. The second kappa shape index (κ2) is 7.04. The molecule has 1 aromatic carbocycles. The summed E-state index contributed by atoms with van der Waals surface area (Å²) in [4.78, 5) is 12.5. The number of aromatic nitrogens is 1. The third-order valence-electron chi connectivity index (χ3n) is 4.14. The van der Waals surface area contributed by atoms with Crippen LogP contribution < -0.4 is 10.0 Å². The van der Waals surface area contributed by atoms with E-state index in [2.05, 4.69) is 17.4 Å². The topological polar surface area (TPSA) is 56.0 Å². The highest BCUT2D eigenvalue weighted by Crippen LogP contribution is 2.30. The highest BCUT2D eigenvalue weighted by atomic mass is 32.2. The molecule has 1 aromatic heterocycles. The molecule has 1 aliphatic rings. The van der Waals surface area contributed by atoms with Gasteiger partial charge in [-0.05, 0) is 55.1 Å². The Kier molecular flexibility index (Phi) is 4.86. The quantitative estimate of drug-likeness (QED) is 0.533. The summed E-state index contributed by atoms with van der Waals surface area (Å²) in [5.41, 5.74) is 2.55. The van der Waals surface area contributed by atoms with Crippen molar-refractivity contribution in [2.24, 2.45) is 0 Å². The summed E-state index contributed by atoms with van der Waals surface area (Å²) in [6, 6.07) is 13.6. The molecule has 1 N–H and O–H groups in total. The van der Waals surface area contributed by atoms with Gasteiger partial charge in [0.05, 0.1) is 11.3 Å². The maximum Gasteiger partial charge on any atom is 0.252 e. The van der Waals surface area contributed by atoms with Crippen molar-refractivity contribution in [2.45, 2.75) is 42.5 Å². The number of amides is 1. The molecule has 0 aliphatic heterocycles. The maximum atomic E-state index is 12.5. The summed E-state index contributed by atoms with van der Waals surface area (Å²) in [5, 5.41) is 15.1. The molecule has 2 aromatic rings.